The topological polar surface area (TPSA) is 23.8 Å². The van der Waals surface area contributed by atoms with E-state index in [2.05, 4.69) is 0 Å². The van der Waals surface area contributed by atoms with Crippen molar-refractivity contribution in [1.82, 2.24) is 0 Å². The van der Waals surface area contributed by atoms with Crippen molar-refractivity contribution in [1.29, 1.82) is 5.26 Å². The minimum absolute atomic E-state index is 0.410. The van der Waals surface area contributed by atoms with Crippen LogP contribution in [0.3, 0.4) is 0 Å². The van der Waals surface area contributed by atoms with Crippen molar-refractivity contribution in [3.63, 3.8) is 0 Å². The third-order valence-electron chi connectivity index (χ3n) is 0.685. The minimum atomic E-state index is -2.71. The molecule has 8 heavy (non-hydrogen) atoms. The molecule has 0 aliphatic carbocycles. The van der Waals surface area contributed by atoms with E-state index in [4.69, 9.17) is 38.5 Å². The Morgan fingerprint density at radius 1 is 1.50 bits per heavy atom. The van der Waals surface area contributed by atoms with Crippen LogP contribution >= 0.6 is 33.2 Å². The van der Waals surface area contributed by atoms with Gasteiger partial charge in [0.05, 0.1) is 11.6 Å². The Morgan fingerprint density at radius 3 is 1.88 bits per heavy atom. The molecule has 0 saturated heterocycles. The molecule has 0 saturated carbocycles. The van der Waals surface area contributed by atoms with Crippen molar-refractivity contribution in [2.24, 2.45) is 0 Å². The summed E-state index contributed by atoms with van der Waals surface area (Å²) in [4.78, 5) is 0. The van der Waals surface area contributed by atoms with Crippen molar-refractivity contribution in [2.45, 2.75) is 12.5 Å². The zero-order valence-electron chi connectivity index (χ0n) is 4.16. The van der Waals surface area contributed by atoms with Crippen LogP contribution in [0.25, 0.3) is 0 Å². The summed E-state index contributed by atoms with van der Waals surface area (Å²) in [6.07, 6.45) is 0. The highest BCUT2D eigenvalue weighted by molar-refractivity contribution is 7.65. The summed E-state index contributed by atoms with van der Waals surface area (Å²) >= 11 is 16.3. The predicted molar refractivity (Wildman–Crippen MR) is 38.4 cm³/mol. The van der Waals surface area contributed by atoms with Crippen LogP contribution in [0.15, 0.2) is 0 Å². The summed E-state index contributed by atoms with van der Waals surface area (Å²) in [5.41, 5.74) is -0.410. The lowest BCUT2D eigenvalue weighted by molar-refractivity contribution is 1.19. The molecule has 1 unspecified atom stereocenters. The Labute approximate surface area is 63.3 Å². The summed E-state index contributed by atoms with van der Waals surface area (Å²) in [6, 6.07) is -0.834. The van der Waals surface area contributed by atoms with E-state index in [-0.39, 0.29) is 0 Å². The monoisotopic (exact) mass is 187 g/mol. The van der Waals surface area contributed by atoms with Crippen LogP contribution in [0.4, 0.5) is 0 Å². The van der Waals surface area contributed by atoms with Crippen LogP contribution in [0.2, 0.25) is 5.54 Å². The second kappa shape index (κ2) is 2.93. The highest BCUT2D eigenvalue weighted by Gasteiger charge is 2.33. The standard InChI is InChI=1S/C3H4Cl3NSi/c1-3(2-7)8(4,5)6/h3H,1H3. The van der Waals surface area contributed by atoms with Gasteiger partial charge >= 0.3 is 6.00 Å². The number of nitriles is 1. The molecule has 46 valence electrons. The normalized spacial score (nSPS) is 14.9. The second-order valence-corrected chi connectivity index (χ2v) is 10.4. The van der Waals surface area contributed by atoms with Crippen LogP contribution in [0.5, 0.6) is 0 Å². The number of halogens is 3. The van der Waals surface area contributed by atoms with Gasteiger partial charge in [-0.05, 0) is 6.92 Å². The largest absolute Gasteiger partial charge is 0.357 e. The van der Waals surface area contributed by atoms with E-state index in [1.54, 1.807) is 6.92 Å². The van der Waals surface area contributed by atoms with E-state index < -0.39 is 11.5 Å². The molecule has 0 aliphatic heterocycles. The molecular weight excluding hydrogens is 184 g/mol. The zero-order chi connectivity index (χ0) is 6.78. The summed E-state index contributed by atoms with van der Waals surface area (Å²) in [5, 5.41) is 8.20. The Balaban J connectivity index is 3.87. The molecule has 0 aromatic rings. The van der Waals surface area contributed by atoms with E-state index in [9.17, 15) is 0 Å². The van der Waals surface area contributed by atoms with Gasteiger partial charge < -0.3 is 0 Å². The third-order valence-corrected chi connectivity index (χ3v) is 4.74. The van der Waals surface area contributed by atoms with Gasteiger partial charge in [0.1, 0.15) is 0 Å². The van der Waals surface area contributed by atoms with Crippen LogP contribution in [-0.4, -0.2) is 6.00 Å². The molecule has 0 fully saturated rings. The maximum Gasteiger partial charge on any atom is 0.357 e. The van der Waals surface area contributed by atoms with Gasteiger partial charge in [0.25, 0.3) is 0 Å². The SMILES string of the molecule is CC(C#N)[Si](Cl)(Cl)Cl. The van der Waals surface area contributed by atoms with Gasteiger partial charge in [-0.3, -0.25) is 0 Å². The Bertz CT molecular complexity index is 113. The Hall–Kier alpha value is 0.577. The van der Waals surface area contributed by atoms with Crippen molar-refractivity contribution in [3.8, 4) is 6.07 Å². The molecule has 0 spiro atoms. The van der Waals surface area contributed by atoms with E-state index in [0.717, 1.165) is 0 Å². The average Bonchev–Trinajstić information content (AvgIpc) is 1.62. The van der Waals surface area contributed by atoms with Crippen molar-refractivity contribution in [2.75, 3.05) is 0 Å². The highest BCUT2D eigenvalue weighted by Crippen LogP contribution is 2.32. The first kappa shape index (κ1) is 8.58. The smallest absolute Gasteiger partial charge is 0.198 e. The Kier molecular flexibility index (Phi) is 3.14. The molecule has 0 rings (SSSR count). The molecular formula is C3H4Cl3NSi. The van der Waals surface area contributed by atoms with Gasteiger partial charge in [0.2, 0.25) is 0 Å². The molecule has 0 aromatic heterocycles. The number of rotatable bonds is 1. The lowest BCUT2D eigenvalue weighted by Crippen LogP contribution is -2.14. The van der Waals surface area contributed by atoms with Crippen molar-refractivity contribution in [3.05, 3.63) is 0 Å². The van der Waals surface area contributed by atoms with Crippen LogP contribution in [-0.2, 0) is 0 Å². The lowest BCUT2D eigenvalue weighted by atomic mass is 10.5. The maximum absolute atomic E-state index is 8.20. The summed E-state index contributed by atoms with van der Waals surface area (Å²) < 4.78 is 0. The fraction of sp³-hybridized carbons (Fsp3) is 0.667. The van der Waals surface area contributed by atoms with Crippen LogP contribution in [0, 0.1) is 11.3 Å². The molecule has 0 N–H and O–H groups in total. The highest BCUT2D eigenvalue weighted by atomic mass is 35.8. The second-order valence-electron chi connectivity index (χ2n) is 1.39. The summed E-state index contributed by atoms with van der Waals surface area (Å²) in [7, 11) is 0. The van der Waals surface area contributed by atoms with Gasteiger partial charge in [-0.2, -0.15) is 5.26 Å². The van der Waals surface area contributed by atoms with E-state index in [1.165, 1.54) is 0 Å². The van der Waals surface area contributed by atoms with Gasteiger partial charge in [0.15, 0.2) is 0 Å². The first-order valence-corrected chi connectivity index (χ1v) is 7.06. The van der Waals surface area contributed by atoms with E-state index in [1.807, 2.05) is 6.07 Å². The average molecular weight is 189 g/mol. The molecule has 5 heteroatoms. The predicted octanol–water partition coefficient (Wildman–Crippen LogP) is 2.56. The molecule has 0 radical (unpaired) electrons. The number of hydrogen-bond donors (Lipinski definition) is 0. The van der Waals surface area contributed by atoms with Gasteiger partial charge in [-0.1, -0.05) is 0 Å². The van der Waals surface area contributed by atoms with Crippen molar-refractivity contribution < 1.29 is 0 Å². The first-order valence-electron chi connectivity index (χ1n) is 1.95. The molecule has 1 nitrogen and oxygen atoms in total. The molecule has 0 amide bonds. The van der Waals surface area contributed by atoms with E-state index in [0.29, 0.717) is 0 Å². The molecule has 0 bridgehead atoms. The molecule has 1 atom stereocenters. The fourth-order valence-corrected chi connectivity index (χ4v) is 0.659. The zero-order valence-corrected chi connectivity index (χ0v) is 7.43. The Morgan fingerprint density at radius 2 is 1.88 bits per heavy atom. The quantitative estimate of drug-likeness (QED) is 0.458. The molecule has 0 aliphatic rings. The van der Waals surface area contributed by atoms with E-state index >= 15 is 0 Å². The van der Waals surface area contributed by atoms with Gasteiger partial charge in [-0.15, -0.1) is 33.2 Å². The van der Waals surface area contributed by atoms with Crippen molar-refractivity contribution >= 4 is 39.2 Å². The van der Waals surface area contributed by atoms with Gasteiger partial charge in [-0.25, -0.2) is 0 Å². The molecule has 0 aromatic carbocycles. The van der Waals surface area contributed by atoms with Crippen LogP contribution in [0.1, 0.15) is 6.92 Å². The summed E-state index contributed by atoms with van der Waals surface area (Å²) in [5.74, 6) is 0. The number of hydrogen-bond acceptors (Lipinski definition) is 1. The third kappa shape index (κ3) is 2.78. The fourth-order valence-electron chi connectivity index (χ4n) is 0.0732. The van der Waals surface area contributed by atoms with Crippen LogP contribution < -0.4 is 0 Å². The molecule has 0 heterocycles. The number of nitrogens with zero attached hydrogens (tertiary/aromatic N) is 1. The minimum Gasteiger partial charge on any atom is -0.198 e. The summed E-state index contributed by atoms with van der Waals surface area (Å²) in [6.45, 7) is 1.61. The first-order chi connectivity index (χ1) is 3.48. The van der Waals surface area contributed by atoms with Gasteiger partial charge in [0, 0.05) is 0 Å². The maximum atomic E-state index is 8.20. The lowest BCUT2D eigenvalue weighted by Gasteiger charge is -2.07.